The van der Waals surface area contributed by atoms with Crippen LogP contribution in [0.1, 0.15) is 78.7 Å². The van der Waals surface area contributed by atoms with Crippen LogP contribution < -0.4 is 4.74 Å². The topological polar surface area (TPSA) is 44.9 Å². The number of rotatable bonds is 7. The summed E-state index contributed by atoms with van der Waals surface area (Å²) in [5.41, 5.74) is 13.7. The Labute approximate surface area is 303 Å². The quantitative estimate of drug-likeness (QED) is 0.121. The fraction of sp³-hybridized carbons (Fsp3) is 0.256. The van der Waals surface area contributed by atoms with E-state index in [2.05, 4.69) is 138 Å². The van der Waals surface area contributed by atoms with E-state index in [1.165, 1.54) is 33.5 Å². The summed E-state index contributed by atoms with van der Waals surface area (Å²) in [6.07, 6.45) is 1.85. The standard InChI is InChI=1S/C43H42N4O.Pd/c1-25(2)42-41(40-30(8)18-28(6)19-31(40)9)43(26(3)4)47(45-42)32-20-29(7)21-34(23-32)48-33-14-15-36-35-12-10-11-13-37(35)46(38(36)24-33)39-22-27(5)16-17-44-39;/h10-22,25-26H,1-9H3;/q-2;+2. The first-order chi connectivity index (χ1) is 23.0. The summed E-state index contributed by atoms with van der Waals surface area (Å²) >= 11 is 0. The largest absolute Gasteiger partial charge is 2.00 e. The second-order valence-electron chi connectivity index (χ2n) is 13.8. The normalized spacial score (nSPS) is 11.6. The number of benzene rings is 4. The Bertz CT molecular complexity index is 2320. The Balaban J connectivity index is 0.00000417. The predicted octanol–water partition coefficient (Wildman–Crippen LogP) is 11.2. The van der Waals surface area contributed by atoms with Gasteiger partial charge >= 0.3 is 20.4 Å². The van der Waals surface area contributed by atoms with Crippen LogP contribution in [-0.2, 0) is 20.4 Å². The SMILES string of the molecule is Cc1cc(Oc2[c-]c3c(cc2)c2ccccc2n3-c2cc(C)ccn2)[c-]c(-n2nc(C(C)C)c(-c3c(C)cc(C)cc3C)c2C(C)C)c1.[Pd+2]. The van der Waals surface area contributed by atoms with E-state index in [-0.39, 0.29) is 32.3 Å². The van der Waals surface area contributed by atoms with E-state index in [4.69, 9.17) is 14.8 Å². The van der Waals surface area contributed by atoms with E-state index in [0.29, 0.717) is 11.5 Å². The van der Waals surface area contributed by atoms with Crippen molar-refractivity contribution < 1.29 is 25.2 Å². The molecule has 7 rings (SSSR count). The van der Waals surface area contributed by atoms with Crippen molar-refractivity contribution in [1.29, 1.82) is 0 Å². The van der Waals surface area contributed by atoms with Crippen LogP contribution in [0.25, 0.3) is 44.4 Å². The second kappa shape index (κ2) is 13.4. The average molecular weight is 737 g/mol. The Morgan fingerprint density at radius 3 is 2.08 bits per heavy atom. The number of para-hydroxylation sites is 1. The molecule has 49 heavy (non-hydrogen) atoms. The zero-order valence-corrected chi connectivity index (χ0v) is 31.2. The van der Waals surface area contributed by atoms with Gasteiger partial charge in [-0.25, -0.2) is 4.98 Å². The molecule has 0 fully saturated rings. The van der Waals surface area contributed by atoms with E-state index in [1.54, 1.807) is 0 Å². The minimum atomic E-state index is 0. The van der Waals surface area contributed by atoms with E-state index in [0.717, 1.165) is 50.1 Å². The summed E-state index contributed by atoms with van der Waals surface area (Å²) in [7, 11) is 0. The van der Waals surface area contributed by atoms with Gasteiger partial charge in [0.05, 0.1) is 11.4 Å². The van der Waals surface area contributed by atoms with Crippen molar-refractivity contribution >= 4 is 21.8 Å². The Kier molecular flexibility index (Phi) is 9.42. The molecule has 3 aromatic heterocycles. The molecule has 4 aromatic carbocycles. The predicted molar refractivity (Wildman–Crippen MR) is 197 cm³/mol. The summed E-state index contributed by atoms with van der Waals surface area (Å²) < 4.78 is 10.8. The zero-order valence-electron chi connectivity index (χ0n) is 29.7. The molecule has 5 nitrogen and oxygen atoms in total. The second-order valence-corrected chi connectivity index (χ2v) is 13.8. The van der Waals surface area contributed by atoms with Crippen molar-refractivity contribution in [1.82, 2.24) is 19.3 Å². The molecule has 0 aliphatic rings. The number of hydrogen-bond acceptors (Lipinski definition) is 3. The molecular weight excluding hydrogens is 695 g/mol. The van der Waals surface area contributed by atoms with Gasteiger partial charge in [-0.15, -0.1) is 35.7 Å². The molecule has 0 bridgehead atoms. The summed E-state index contributed by atoms with van der Waals surface area (Å²) in [5.74, 6) is 2.57. The van der Waals surface area contributed by atoms with Crippen LogP contribution in [0.5, 0.6) is 11.5 Å². The third-order valence-corrected chi connectivity index (χ3v) is 9.08. The zero-order chi connectivity index (χ0) is 33.9. The van der Waals surface area contributed by atoms with Crippen LogP contribution in [0.2, 0.25) is 0 Å². The monoisotopic (exact) mass is 736 g/mol. The number of hydrogen-bond donors (Lipinski definition) is 0. The third-order valence-electron chi connectivity index (χ3n) is 9.08. The first-order valence-electron chi connectivity index (χ1n) is 16.8. The van der Waals surface area contributed by atoms with E-state index in [1.807, 2.05) is 24.4 Å². The van der Waals surface area contributed by atoms with Gasteiger partial charge in [-0.3, -0.25) is 4.68 Å². The van der Waals surface area contributed by atoms with Gasteiger partial charge in [0.15, 0.2) is 0 Å². The van der Waals surface area contributed by atoms with Crippen molar-refractivity contribution in [2.75, 3.05) is 0 Å². The molecule has 0 aliphatic carbocycles. The van der Waals surface area contributed by atoms with Gasteiger partial charge in [0.25, 0.3) is 0 Å². The van der Waals surface area contributed by atoms with Crippen LogP contribution in [0, 0.1) is 46.8 Å². The van der Waals surface area contributed by atoms with Gasteiger partial charge < -0.3 is 9.30 Å². The molecule has 0 spiro atoms. The van der Waals surface area contributed by atoms with E-state index in [9.17, 15) is 0 Å². The van der Waals surface area contributed by atoms with Gasteiger partial charge in [-0.05, 0) is 91.1 Å². The molecule has 0 N–H and O–H groups in total. The van der Waals surface area contributed by atoms with Gasteiger partial charge in [0.2, 0.25) is 0 Å². The Morgan fingerprint density at radius 2 is 1.39 bits per heavy atom. The summed E-state index contributed by atoms with van der Waals surface area (Å²) in [6.45, 7) is 19.7. The molecule has 0 atom stereocenters. The fourth-order valence-electron chi connectivity index (χ4n) is 7.16. The van der Waals surface area contributed by atoms with Gasteiger partial charge in [0.1, 0.15) is 5.82 Å². The molecule has 0 aliphatic heterocycles. The first kappa shape index (κ1) is 34.4. The molecule has 250 valence electrons. The van der Waals surface area contributed by atoms with Crippen LogP contribution in [0.15, 0.2) is 79.0 Å². The summed E-state index contributed by atoms with van der Waals surface area (Å²) in [4.78, 5) is 4.72. The van der Waals surface area contributed by atoms with Crippen LogP contribution >= 0.6 is 0 Å². The minimum Gasteiger partial charge on any atom is -0.509 e. The minimum absolute atomic E-state index is 0. The molecular formula is C43H42N4OPd. The molecule has 0 amide bonds. The van der Waals surface area contributed by atoms with Gasteiger partial charge in [-0.1, -0.05) is 76.0 Å². The molecule has 0 saturated heterocycles. The average Bonchev–Trinajstić information content (AvgIpc) is 3.57. The maximum atomic E-state index is 6.57. The number of aryl methyl sites for hydroxylation is 5. The third kappa shape index (κ3) is 6.25. The van der Waals surface area contributed by atoms with Gasteiger partial charge in [0, 0.05) is 28.8 Å². The molecule has 7 aromatic rings. The van der Waals surface area contributed by atoms with Crippen molar-refractivity contribution in [2.24, 2.45) is 0 Å². The molecule has 0 unspecified atom stereocenters. The van der Waals surface area contributed by atoms with Crippen molar-refractivity contribution in [3.05, 3.63) is 130 Å². The Hall–Kier alpha value is -4.50. The summed E-state index contributed by atoms with van der Waals surface area (Å²) in [5, 5.41) is 7.55. The number of fused-ring (bicyclic) bond motifs is 3. The van der Waals surface area contributed by atoms with Crippen LogP contribution in [0.4, 0.5) is 0 Å². The van der Waals surface area contributed by atoms with Crippen LogP contribution in [0.3, 0.4) is 0 Å². The molecule has 6 heteroatoms. The summed E-state index contributed by atoms with van der Waals surface area (Å²) in [6, 6.07) is 32.5. The fourth-order valence-corrected chi connectivity index (χ4v) is 7.16. The first-order valence-corrected chi connectivity index (χ1v) is 16.8. The molecule has 0 saturated carbocycles. The number of nitrogens with zero attached hydrogens (tertiary/aromatic N) is 4. The van der Waals surface area contributed by atoms with Crippen LogP contribution in [-0.4, -0.2) is 19.3 Å². The molecule has 3 heterocycles. The number of pyridine rings is 1. The number of ether oxygens (including phenoxy) is 1. The molecule has 0 radical (unpaired) electrons. The van der Waals surface area contributed by atoms with E-state index < -0.39 is 0 Å². The smallest absolute Gasteiger partial charge is 0.509 e. The van der Waals surface area contributed by atoms with E-state index >= 15 is 0 Å². The van der Waals surface area contributed by atoms with Gasteiger partial charge in [-0.2, -0.15) is 16.7 Å². The Morgan fingerprint density at radius 1 is 0.673 bits per heavy atom. The number of aromatic nitrogens is 4. The maximum absolute atomic E-state index is 6.57. The van der Waals surface area contributed by atoms with Crippen molar-refractivity contribution in [3.8, 4) is 34.1 Å². The van der Waals surface area contributed by atoms with Crippen molar-refractivity contribution in [2.45, 2.75) is 74.1 Å². The maximum Gasteiger partial charge on any atom is 2.00 e. The van der Waals surface area contributed by atoms with Crippen molar-refractivity contribution in [3.63, 3.8) is 0 Å².